The highest BCUT2D eigenvalue weighted by Gasteiger charge is 2.42. The highest BCUT2D eigenvalue weighted by molar-refractivity contribution is 7.17. The third kappa shape index (κ3) is 2.88. The van der Waals surface area contributed by atoms with Gasteiger partial charge in [0.1, 0.15) is 10.6 Å². The Bertz CT molecular complexity index is 586. The summed E-state index contributed by atoms with van der Waals surface area (Å²) >= 11 is 0.784. The molecule has 1 N–H and O–H groups in total. The molecule has 7 nitrogen and oxygen atoms in total. The van der Waals surface area contributed by atoms with Crippen molar-refractivity contribution in [2.75, 3.05) is 19.0 Å². The van der Waals surface area contributed by atoms with Gasteiger partial charge in [-0.25, -0.2) is 4.79 Å². The highest BCUT2D eigenvalue weighted by atomic mass is 32.1. The number of rotatable bonds is 6. The lowest BCUT2D eigenvalue weighted by atomic mass is 10.0. The number of nitrogens with one attached hydrogen (secondary N) is 1. The van der Waals surface area contributed by atoms with E-state index in [1.807, 2.05) is 0 Å². The molecule has 1 aromatic rings. The largest absolute Gasteiger partial charge is 0.465 e. The lowest BCUT2D eigenvalue weighted by Gasteiger charge is -2.11. The van der Waals surface area contributed by atoms with E-state index in [1.165, 1.54) is 13.2 Å². The Labute approximate surface area is 119 Å². The zero-order valence-corrected chi connectivity index (χ0v) is 11.7. The van der Waals surface area contributed by atoms with Crippen molar-refractivity contribution in [2.24, 2.45) is 5.41 Å². The number of ether oxygens (including phenoxy) is 1. The van der Waals surface area contributed by atoms with Crippen LogP contribution in [-0.2, 0) is 4.74 Å². The predicted octanol–water partition coefficient (Wildman–Crippen LogP) is 2.55. The van der Waals surface area contributed by atoms with Crippen LogP contribution in [0.15, 0.2) is 6.07 Å². The normalized spacial score (nSPS) is 15.2. The van der Waals surface area contributed by atoms with Gasteiger partial charge in [0, 0.05) is 18.4 Å². The van der Waals surface area contributed by atoms with Crippen molar-refractivity contribution in [1.29, 1.82) is 5.26 Å². The van der Waals surface area contributed by atoms with Crippen LogP contribution in [0.25, 0.3) is 0 Å². The molecule has 2 rings (SSSR count). The summed E-state index contributed by atoms with van der Waals surface area (Å²) in [6, 6.07) is 3.56. The molecule has 0 aliphatic heterocycles. The smallest absolute Gasteiger partial charge is 0.348 e. The van der Waals surface area contributed by atoms with Gasteiger partial charge in [0.05, 0.1) is 18.1 Å². The first-order valence-electron chi connectivity index (χ1n) is 5.99. The fourth-order valence-corrected chi connectivity index (χ4v) is 2.76. The Hall–Kier alpha value is -2.14. The summed E-state index contributed by atoms with van der Waals surface area (Å²) in [5.74, 6) is -0.593. The molecule has 1 aromatic heterocycles. The van der Waals surface area contributed by atoms with E-state index in [1.54, 1.807) is 0 Å². The minimum absolute atomic E-state index is 0.0734. The molecule has 0 unspecified atom stereocenters. The van der Waals surface area contributed by atoms with Crippen LogP contribution in [0, 0.1) is 26.9 Å². The molecule has 8 heteroatoms. The second-order valence-electron chi connectivity index (χ2n) is 4.77. The van der Waals surface area contributed by atoms with Gasteiger partial charge in [0.25, 0.3) is 0 Å². The van der Waals surface area contributed by atoms with E-state index in [9.17, 15) is 14.9 Å². The molecule has 1 aliphatic rings. The van der Waals surface area contributed by atoms with Gasteiger partial charge < -0.3 is 10.1 Å². The lowest BCUT2D eigenvalue weighted by Crippen LogP contribution is -2.15. The Morgan fingerprint density at radius 3 is 2.90 bits per heavy atom. The number of nitriles is 1. The first-order chi connectivity index (χ1) is 9.51. The average molecular weight is 295 g/mol. The first-order valence-corrected chi connectivity index (χ1v) is 6.80. The molecule has 1 saturated carbocycles. The molecule has 0 atom stereocenters. The van der Waals surface area contributed by atoms with Crippen LogP contribution in [0.5, 0.6) is 0 Å². The topological polar surface area (TPSA) is 105 Å². The van der Waals surface area contributed by atoms with Crippen LogP contribution in [0.4, 0.5) is 10.7 Å². The van der Waals surface area contributed by atoms with E-state index < -0.39 is 10.9 Å². The van der Waals surface area contributed by atoms with Crippen LogP contribution in [-0.4, -0.2) is 24.5 Å². The van der Waals surface area contributed by atoms with Gasteiger partial charge in [-0.2, -0.15) is 5.26 Å². The van der Waals surface area contributed by atoms with E-state index in [0.717, 1.165) is 24.2 Å². The molecule has 0 amide bonds. The number of nitro groups is 1. The minimum atomic E-state index is -0.593. The van der Waals surface area contributed by atoms with E-state index in [4.69, 9.17) is 5.26 Å². The van der Waals surface area contributed by atoms with Crippen molar-refractivity contribution >= 4 is 28.0 Å². The average Bonchev–Trinajstić information content (AvgIpc) is 3.04. The number of thiophene rings is 1. The molecular formula is C12H13N3O4S. The molecule has 0 bridgehead atoms. The number of nitrogens with zero attached hydrogens (tertiary/aromatic N) is 2. The van der Waals surface area contributed by atoms with Crippen molar-refractivity contribution in [1.82, 2.24) is 0 Å². The minimum Gasteiger partial charge on any atom is -0.465 e. The number of carbonyl (C=O) groups excluding carboxylic acids is 1. The number of hydrogen-bond acceptors (Lipinski definition) is 7. The molecule has 106 valence electrons. The molecule has 0 spiro atoms. The van der Waals surface area contributed by atoms with Gasteiger partial charge in [0.15, 0.2) is 0 Å². The molecule has 1 heterocycles. The van der Waals surface area contributed by atoms with E-state index in [-0.39, 0.29) is 15.3 Å². The summed E-state index contributed by atoms with van der Waals surface area (Å²) in [5, 5.41) is 22.6. The fourth-order valence-electron chi connectivity index (χ4n) is 1.89. The Kier molecular flexibility index (Phi) is 3.90. The monoisotopic (exact) mass is 295 g/mol. The van der Waals surface area contributed by atoms with Crippen molar-refractivity contribution in [3.63, 3.8) is 0 Å². The molecule has 0 radical (unpaired) electrons. The summed E-state index contributed by atoms with van der Waals surface area (Å²) in [6.07, 6.45) is 2.31. The van der Waals surface area contributed by atoms with E-state index in [0.29, 0.717) is 18.7 Å². The maximum Gasteiger partial charge on any atom is 0.348 e. The molecular weight excluding hydrogens is 282 g/mol. The highest BCUT2D eigenvalue weighted by Crippen LogP contribution is 2.49. The van der Waals surface area contributed by atoms with Crippen molar-refractivity contribution in [2.45, 2.75) is 19.3 Å². The number of esters is 1. The third-order valence-electron chi connectivity index (χ3n) is 3.33. The van der Waals surface area contributed by atoms with Gasteiger partial charge >= 0.3 is 11.0 Å². The standard InChI is InChI=1S/C12H13N3O4S/c1-19-11(16)9-6-8(10(20-9)15(17)18)14-7-12(2-3-12)4-5-13/h6,14H,2-4,7H2,1H3. The SMILES string of the molecule is COC(=O)c1cc(NCC2(CC#N)CC2)c([N+](=O)[O-])s1. The van der Waals surface area contributed by atoms with E-state index in [2.05, 4.69) is 16.1 Å². The van der Waals surface area contributed by atoms with Crippen LogP contribution in [0.1, 0.15) is 28.9 Å². The molecule has 20 heavy (non-hydrogen) atoms. The Balaban J connectivity index is 2.14. The summed E-state index contributed by atoms with van der Waals surface area (Å²) in [6.45, 7) is 0.499. The number of anilines is 1. The van der Waals surface area contributed by atoms with Crippen LogP contribution in [0.2, 0.25) is 0 Å². The molecule has 1 fully saturated rings. The maximum atomic E-state index is 11.4. The number of methoxy groups -OCH3 is 1. The summed E-state index contributed by atoms with van der Waals surface area (Å²) in [4.78, 5) is 22.1. The maximum absolute atomic E-state index is 11.4. The predicted molar refractivity (Wildman–Crippen MR) is 72.7 cm³/mol. The quantitative estimate of drug-likeness (QED) is 0.491. The molecule has 1 aliphatic carbocycles. The summed E-state index contributed by atoms with van der Waals surface area (Å²) in [7, 11) is 1.23. The Morgan fingerprint density at radius 1 is 1.70 bits per heavy atom. The second kappa shape index (κ2) is 5.46. The zero-order valence-electron chi connectivity index (χ0n) is 10.8. The zero-order chi connectivity index (χ0) is 14.8. The number of carbonyl (C=O) groups is 1. The first kappa shape index (κ1) is 14.3. The van der Waals surface area contributed by atoms with Gasteiger partial charge in [-0.15, -0.1) is 0 Å². The van der Waals surface area contributed by atoms with Crippen molar-refractivity contribution < 1.29 is 14.5 Å². The van der Waals surface area contributed by atoms with Crippen LogP contribution < -0.4 is 5.32 Å². The second-order valence-corrected chi connectivity index (χ2v) is 5.80. The van der Waals surface area contributed by atoms with Crippen molar-refractivity contribution in [3.05, 3.63) is 21.1 Å². The van der Waals surface area contributed by atoms with Crippen molar-refractivity contribution in [3.8, 4) is 6.07 Å². The van der Waals surface area contributed by atoms with Crippen LogP contribution in [0.3, 0.4) is 0 Å². The molecule has 0 saturated heterocycles. The molecule has 0 aromatic carbocycles. The summed E-state index contributed by atoms with van der Waals surface area (Å²) < 4.78 is 4.56. The van der Waals surface area contributed by atoms with Gasteiger partial charge in [0.2, 0.25) is 0 Å². The van der Waals surface area contributed by atoms with Gasteiger partial charge in [-0.1, -0.05) is 11.3 Å². The van der Waals surface area contributed by atoms with E-state index >= 15 is 0 Å². The third-order valence-corrected chi connectivity index (χ3v) is 4.40. The lowest BCUT2D eigenvalue weighted by molar-refractivity contribution is -0.379. The van der Waals surface area contributed by atoms with Gasteiger partial charge in [-0.3, -0.25) is 10.1 Å². The fraction of sp³-hybridized carbons (Fsp3) is 0.500. The summed E-state index contributed by atoms with van der Waals surface area (Å²) in [5.41, 5.74) is 0.236. The number of hydrogen-bond donors (Lipinski definition) is 1. The Morgan fingerprint density at radius 2 is 2.40 bits per heavy atom. The van der Waals surface area contributed by atoms with Gasteiger partial charge in [-0.05, 0) is 18.9 Å². The van der Waals surface area contributed by atoms with Crippen LogP contribution >= 0.6 is 11.3 Å².